The highest BCUT2D eigenvalue weighted by molar-refractivity contribution is 8.00. The van der Waals surface area contributed by atoms with E-state index in [9.17, 15) is 9.59 Å². The van der Waals surface area contributed by atoms with Crippen molar-refractivity contribution in [2.45, 2.75) is 23.8 Å². The highest BCUT2D eigenvalue weighted by Gasteiger charge is 2.40. The SMILES string of the molecule is CCOc1ccc(N2C(=O)C[C@H](Sc3nc(-c4ccccc4)c4ccccc4n3)C2=O)cc1. The van der Waals surface area contributed by atoms with E-state index in [-0.39, 0.29) is 18.2 Å². The fourth-order valence-electron chi connectivity index (χ4n) is 3.88. The van der Waals surface area contributed by atoms with Gasteiger partial charge in [-0.3, -0.25) is 9.59 Å². The van der Waals surface area contributed by atoms with E-state index >= 15 is 0 Å². The number of thioether (sulfide) groups is 1. The smallest absolute Gasteiger partial charge is 0.247 e. The summed E-state index contributed by atoms with van der Waals surface area (Å²) in [7, 11) is 0. The number of amides is 2. The van der Waals surface area contributed by atoms with Crippen molar-refractivity contribution < 1.29 is 14.3 Å². The lowest BCUT2D eigenvalue weighted by Crippen LogP contribution is -2.31. The Morgan fingerprint density at radius 2 is 1.67 bits per heavy atom. The van der Waals surface area contributed by atoms with Gasteiger partial charge in [0.25, 0.3) is 0 Å². The molecule has 1 atom stereocenters. The summed E-state index contributed by atoms with van der Waals surface area (Å²) in [5, 5.41) is 0.846. The van der Waals surface area contributed by atoms with Crippen LogP contribution in [0.15, 0.2) is 84.0 Å². The van der Waals surface area contributed by atoms with Crippen molar-refractivity contribution in [3.8, 4) is 17.0 Å². The van der Waals surface area contributed by atoms with Gasteiger partial charge in [0.1, 0.15) is 11.0 Å². The van der Waals surface area contributed by atoms with Gasteiger partial charge in [-0.2, -0.15) is 0 Å². The number of para-hydroxylation sites is 1. The van der Waals surface area contributed by atoms with Crippen molar-refractivity contribution in [3.63, 3.8) is 0 Å². The zero-order valence-electron chi connectivity index (χ0n) is 18.0. The number of imide groups is 1. The normalized spacial score (nSPS) is 15.9. The van der Waals surface area contributed by atoms with Crippen LogP contribution in [0.25, 0.3) is 22.2 Å². The Labute approximate surface area is 195 Å². The zero-order chi connectivity index (χ0) is 22.8. The molecule has 7 heteroatoms. The van der Waals surface area contributed by atoms with E-state index in [1.54, 1.807) is 24.3 Å². The van der Waals surface area contributed by atoms with Crippen molar-refractivity contribution in [2.24, 2.45) is 0 Å². The number of rotatable bonds is 6. The number of hydrogen-bond acceptors (Lipinski definition) is 6. The molecule has 4 aromatic rings. The second-order valence-electron chi connectivity index (χ2n) is 7.54. The monoisotopic (exact) mass is 455 g/mol. The van der Waals surface area contributed by atoms with E-state index in [2.05, 4.69) is 4.98 Å². The zero-order valence-corrected chi connectivity index (χ0v) is 18.8. The van der Waals surface area contributed by atoms with Crippen LogP contribution in [0, 0.1) is 0 Å². The number of aromatic nitrogens is 2. The first-order valence-electron chi connectivity index (χ1n) is 10.7. The molecule has 0 bridgehead atoms. The summed E-state index contributed by atoms with van der Waals surface area (Å²) >= 11 is 1.24. The molecule has 5 rings (SSSR count). The summed E-state index contributed by atoms with van der Waals surface area (Å²) < 4.78 is 5.45. The molecule has 0 N–H and O–H groups in total. The molecular formula is C26H21N3O3S. The Bertz CT molecular complexity index is 1330. The third-order valence-corrected chi connectivity index (χ3v) is 6.43. The van der Waals surface area contributed by atoms with Crippen LogP contribution >= 0.6 is 11.8 Å². The molecule has 0 radical (unpaired) electrons. The van der Waals surface area contributed by atoms with Crippen LogP contribution in [0.1, 0.15) is 13.3 Å². The number of nitrogens with zero attached hydrogens (tertiary/aromatic N) is 3. The molecule has 1 fully saturated rings. The first kappa shape index (κ1) is 21.2. The molecule has 0 spiro atoms. The number of anilines is 1. The quantitative estimate of drug-likeness (QED) is 0.297. The van der Waals surface area contributed by atoms with Crippen LogP contribution in [0.5, 0.6) is 5.75 Å². The second-order valence-corrected chi connectivity index (χ2v) is 8.71. The molecule has 2 heterocycles. The van der Waals surface area contributed by atoms with Gasteiger partial charge in [0.15, 0.2) is 5.16 Å². The highest BCUT2D eigenvalue weighted by Crippen LogP contribution is 2.35. The van der Waals surface area contributed by atoms with Gasteiger partial charge in [0.05, 0.1) is 23.5 Å². The van der Waals surface area contributed by atoms with Gasteiger partial charge >= 0.3 is 0 Å². The van der Waals surface area contributed by atoms with Crippen LogP contribution in [0.2, 0.25) is 0 Å². The van der Waals surface area contributed by atoms with E-state index in [0.29, 0.717) is 23.2 Å². The number of hydrogen-bond donors (Lipinski definition) is 0. The van der Waals surface area contributed by atoms with Crippen molar-refractivity contribution in [1.29, 1.82) is 0 Å². The summed E-state index contributed by atoms with van der Waals surface area (Å²) in [5.41, 5.74) is 3.13. The van der Waals surface area contributed by atoms with Gasteiger partial charge in [0.2, 0.25) is 11.8 Å². The molecule has 1 aliphatic rings. The minimum absolute atomic E-state index is 0.105. The lowest BCUT2D eigenvalue weighted by molar-refractivity contribution is -0.121. The van der Waals surface area contributed by atoms with Gasteiger partial charge in [-0.1, -0.05) is 60.3 Å². The van der Waals surface area contributed by atoms with E-state index in [1.807, 2.05) is 61.5 Å². The van der Waals surface area contributed by atoms with Crippen LogP contribution in [0.4, 0.5) is 5.69 Å². The van der Waals surface area contributed by atoms with Crippen molar-refractivity contribution in [3.05, 3.63) is 78.9 Å². The number of ether oxygens (including phenoxy) is 1. The summed E-state index contributed by atoms with van der Waals surface area (Å²) in [5.74, 6) is 0.210. The van der Waals surface area contributed by atoms with Crippen LogP contribution in [-0.2, 0) is 9.59 Å². The maximum atomic E-state index is 13.1. The Hall–Kier alpha value is -3.71. The summed E-state index contributed by atoms with van der Waals surface area (Å²) in [6.45, 7) is 2.46. The fraction of sp³-hybridized carbons (Fsp3) is 0.154. The molecular weight excluding hydrogens is 434 g/mol. The van der Waals surface area contributed by atoms with Crippen LogP contribution in [0.3, 0.4) is 0 Å². The highest BCUT2D eigenvalue weighted by atomic mass is 32.2. The first-order chi connectivity index (χ1) is 16.1. The molecule has 1 aliphatic heterocycles. The third-order valence-electron chi connectivity index (χ3n) is 5.39. The summed E-state index contributed by atoms with van der Waals surface area (Å²) in [4.78, 5) is 36.6. The fourth-order valence-corrected chi connectivity index (χ4v) is 4.86. The van der Waals surface area contributed by atoms with Crippen molar-refractivity contribution in [2.75, 3.05) is 11.5 Å². The maximum Gasteiger partial charge on any atom is 0.247 e. The topological polar surface area (TPSA) is 72.4 Å². The lowest BCUT2D eigenvalue weighted by atomic mass is 10.1. The summed E-state index contributed by atoms with van der Waals surface area (Å²) in [6, 6.07) is 24.7. The van der Waals surface area contributed by atoms with E-state index in [0.717, 1.165) is 22.2 Å². The first-order valence-corrected chi connectivity index (χ1v) is 11.6. The van der Waals surface area contributed by atoms with Crippen molar-refractivity contribution >= 4 is 40.2 Å². The van der Waals surface area contributed by atoms with E-state index < -0.39 is 5.25 Å². The molecule has 164 valence electrons. The van der Waals surface area contributed by atoms with Gasteiger partial charge in [-0.15, -0.1) is 0 Å². The minimum atomic E-state index is -0.575. The standard InChI is InChI=1S/C26H21N3O3S/c1-2-32-19-14-12-18(13-15-19)29-23(30)16-22(25(29)31)33-26-27-21-11-7-6-10-20(21)24(28-26)17-8-4-3-5-9-17/h3-15,22H,2,16H2,1H3/t22-/m0/s1. The molecule has 0 saturated carbocycles. The van der Waals surface area contributed by atoms with E-state index in [4.69, 9.17) is 9.72 Å². The molecule has 3 aromatic carbocycles. The van der Waals surface area contributed by atoms with Crippen molar-refractivity contribution in [1.82, 2.24) is 9.97 Å². The molecule has 0 unspecified atom stereocenters. The summed E-state index contributed by atoms with van der Waals surface area (Å²) in [6.07, 6.45) is 0.105. The number of carbonyl (C=O) groups is 2. The number of carbonyl (C=O) groups excluding carboxylic acids is 2. The molecule has 1 saturated heterocycles. The maximum absolute atomic E-state index is 13.1. The Morgan fingerprint density at radius 3 is 2.42 bits per heavy atom. The lowest BCUT2D eigenvalue weighted by Gasteiger charge is -2.15. The Kier molecular flexibility index (Phi) is 5.79. The average molecular weight is 456 g/mol. The van der Waals surface area contributed by atoms with Crippen LogP contribution < -0.4 is 9.64 Å². The minimum Gasteiger partial charge on any atom is -0.494 e. The predicted octanol–water partition coefficient (Wildman–Crippen LogP) is 5.12. The van der Waals surface area contributed by atoms with Crippen LogP contribution in [-0.4, -0.2) is 33.6 Å². The predicted molar refractivity (Wildman–Crippen MR) is 129 cm³/mol. The van der Waals surface area contributed by atoms with Gasteiger partial charge in [-0.05, 0) is 37.3 Å². The average Bonchev–Trinajstić information content (AvgIpc) is 3.12. The molecule has 1 aromatic heterocycles. The second kappa shape index (κ2) is 9.03. The Balaban J connectivity index is 1.44. The Morgan fingerprint density at radius 1 is 0.939 bits per heavy atom. The molecule has 6 nitrogen and oxygen atoms in total. The molecule has 33 heavy (non-hydrogen) atoms. The van der Waals surface area contributed by atoms with E-state index in [1.165, 1.54) is 16.7 Å². The number of benzene rings is 3. The van der Waals surface area contributed by atoms with Gasteiger partial charge in [0, 0.05) is 17.4 Å². The largest absolute Gasteiger partial charge is 0.494 e. The third kappa shape index (κ3) is 4.19. The number of fused-ring (bicyclic) bond motifs is 1. The van der Waals surface area contributed by atoms with Gasteiger partial charge in [-0.25, -0.2) is 14.9 Å². The van der Waals surface area contributed by atoms with Gasteiger partial charge < -0.3 is 4.74 Å². The molecule has 2 amide bonds. The molecule has 0 aliphatic carbocycles.